The summed E-state index contributed by atoms with van der Waals surface area (Å²) < 4.78 is 1.65. The maximum atomic E-state index is 10.3. The highest BCUT2D eigenvalue weighted by Crippen LogP contribution is 2.14. The molecule has 2 rings (SSSR count). The number of aryl methyl sites for hydroxylation is 1. The van der Waals surface area contributed by atoms with E-state index in [4.69, 9.17) is 5.11 Å². The summed E-state index contributed by atoms with van der Waals surface area (Å²) in [5.74, 6) is 0.195. The van der Waals surface area contributed by atoms with Crippen LogP contribution in [0.3, 0.4) is 0 Å². The summed E-state index contributed by atoms with van der Waals surface area (Å²) in [6.45, 7) is 0. The largest absolute Gasteiger partial charge is 0.465 e. The van der Waals surface area contributed by atoms with Gasteiger partial charge >= 0.3 is 6.09 Å². The highest BCUT2D eigenvalue weighted by molar-refractivity contribution is 5.81. The molecule has 0 aliphatic rings. The van der Waals surface area contributed by atoms with Gasteiger partial charge in [-0.15, -0.1) is 0 Å². The van der Waals surface area contributed by atoms with Gasteiger partial charge in [-0.3, -0.25) is 15.0 Å². The maximum absolute atomic E-state index is 10.3. The molecule has 0 saturated heterocycles. The van der Waals surface area contributed by atoms with E-state index in [0.29, 0.717) is 5.69 Å². The van der Waals surface area contributed by atoms with Gasteiger partial charge < -0.3 is 5.11 Å². The van der Waals surface area contributed by atoms with Crippen LogP contribution >= 0.6 is 0 Å². The Balaban J connectivity index is 2.22. The van der Waals surface area contributed by atoms with E-state index in [0.717, 1.165) is 5.56 Å². The highest BCUT2D eigenvalue weighted by Gasteiger charge is 2.04. The fourth-order valence-corrected chi connectivity index (χ4v) is 1.20. The quantitative estimate of drug-likeness (QED) is 0.784. The minimum Gasteiger partial charge on any atom is -0.465 e. The number of carboxylic acid groups (broad SMARTS) is 1. The number of hydrogen-bond acceptors (Lipinski definition) is 4. The molecule has 2 aromatic rings. The summed E-state index contributed by atoms with van der Waals surface area (Å²) in [6.07, 6.45) is 5.14. The third-order valence-corrected chi connectivity index (χ3v) is 1.89. The molecule has 82 valence electrons. The van der Waals surface area contributed by atoms with Crippen molar-refractivity contribution in [2.24, 2.45) is 7.05 Å². The molecule has 0 fully saturated rings. The molecule has 0 saturated carbocycles. The SMILES string of the molecule is Cn1cc(-c2cnc(NC(=O)O)cn2)cn1. The van der Waals surface area contributed by atoms with Gasteiger partial charge in [0, 0.05) is 18.8 Å². The van der Waals surface area contributed by atoms with Crippen molar-refractivity contribution in [1.82, 2.24) is 19.7 Å². The average molecular weight is 219 g/mol. The number of aromatic nitrogens is 4. The summed E-state index contributed by atoms with van der Waals surface area (Å²) in [5, 5.41) is 14.6. The van der Waals surface area contributed by atoms with Crippen LogP contribution < -0.4 is 5.32 Å². The summed E-state index contributed by atoms with van der Waals surface area (Å²) in [5.41, 5.74) is 1.47. The van der Waals surface area contributed by atoms with E-state index in [-0.39, 0.29) is 5.82 Å². The molecular weight excluding hydrogens is 210 g/mol. The van der Waals surface area contributed by atoms with E-state index in [2.05, 4.69) is 20.4 Å². The van der Waals surface area contributed by atoms with Gasteiger partial charge in [0.15, 0.2) is 5.82 Å². The van der Waals surface area contributed by atoms with Crippen molar-refractivity contribution in [3.63, 3.8) is 0 Å². The van der Waals surface area contributed by atoms with Gasteiger partial charge in [0.2, 0.25) is 0 Å². The summed E-state index contributed by atoms with van der Waals surface area (Å²) in [7, 11) is 1.80. The van der Waals surface area contributed by atoms with Crippen LogP contribution in [-0.4, -0.2) is 30.9 Å². The molecule has 0 aliphatic carbocycles. The van der Waals surface area contributed by atoms with Crippen molar-refractivity contribution < 1.29 is 9.90 Å². The Hall–Kier alpha value is -2.44. The van der Waals surface area contributed by atoms with Crippen molar-refractivity contribution in [1.29, 1.82) is 0 Å². The highest BCUT2D eigenvalue weighted by atomic mass is 16.4. The molecule has 0 atom stereocenters. The third-order valence-electron chi connectivity index (χ3n) is 1.89. The second-order valence-corrected chi connectivity index (χ2v) is 3.12. The second-order valence-electron chi connectivity index (χ2n) is 3.12. The first-order valence-corrected chi connectivity index (χ1v) is 4.46. The number of rotatable bonds is 2. The van der Waals surface area contributed by atoms with Crippen LogP contribution in [0.2, 0.25) is 0 Å². The number of anilines is 1. The zero-order valence-electron chi connectivity index (χ0n) is 8.45. The van der Waals surface area contributed by atoms with Gasteiger partial charge in [0.1, 0.15) is 0 Å². The van der Waals surface area contributed by atoms with E-state index < -0.39 is 6.09 Å². The van der Waals surface area contributed by atoms with Crippen molar-refractivity contribution in [2.45, 2.75) is 0 Å². The van der Waals surface area contributed by atoms with Crippen molar-refractivity contribution in [3.05, 3.63) is 24.8 Å². The smallest absolute Gasteiger partial charge is 0.410 e. The predicted octanol–water partition coefficient (Wildman–Crippen LogP) is 0.967. The Bertz CT molecular complexity index is 505. The molecule has 0 bridgehead atoms. The van der Waals surface area contributed by atoms with Gasteiger partial charge in [0.25, 0.3) is 0 Å². The second kappa shape index (κ2) is 3.97. The zero-order chi connectivity index (χ0) is 11.5. The van der Waals surface area contributed by atoms with Gasteiger partial charge in [-0.1, -0.05) is 0 Å². The van der Waals surface area contributed by atoms with Gasteiger partial charge in [-0.25, -0.2) is 9.78 Å². The first-order chi connectivity index (χ1) is 7.65. The lowest BCUT2D eigenvalue weighted by Gasteiger charge is -1.99. The standard InChI is InChI=1S/C9H9N5O2/c1-14-5-6(2-12-14)7-3-11-8(4-10-7)13-9(15)16/h2-5H,1H3,(H,11,13)(H,15,16). The first kappa shape index (κ1) is 10.1. The average Bonchev–Trinajstić information content (AvgIpc) is 2.65. The number of hydrogen-bond donors (Lipinski definition) is 2. The molecule has 16 heavy (non-hydrogen) atoms. The molecule has 2 heterocycles. The Morgan fingerprint density at radius 3 is 2.69 bits per heavy atom. The molecule has 7 heteroatoms. The number of nitrogens with one attached hydrogen (secondary N) is 1. The van der Waals surface area contributed by atoms with Crippen molar-refractivity contribution in [2.75, 3.05) is 5.32 Å². The molecule has 2 N–H and O–H groups in total. The molecule has 0 radical (unpaired) electrons. The predicted molar refractivity (Wildman–Crippen MR) is 55.9 cm³/mol. The van der Waals surface area contributed by atoms with Gasteiger partial charge in [0.05, 0.1) is 24.3 Å². The minimum atomic E-state index is -1.16. The van der Waals surface area contributed by atoms with Gasteiger partial charge in [-0.05, 0) is 0 Å². The third kappa shape index (κ3) is 2.14. The van der Waals surface area contributed by atoms with E-state index in [1.807, 2.05) is 0 Å². The Labute approximate surface area is 90.8 Å². The monoisotopic (exact) mass is 219 g/mol. The Morgan fingerprint density at radius 1 is 1.38 bits per heavy atom. The fraction of sp³-hybridized carbons (Fsp3) is 0.111. The van der Waals surface area contributed by atoms with Crippen LogP contribution in [0.1, 0.15) is 0 Å². The fourth-order valence-electron chi connectivity index (χ4n) is 1.20. The van der Waals surface area contributed by atoms with Crippen molar-refractivity contribution in [3.8, 4) is 11.3 Å². The number of amides is 1. The van der Waals surface area contributed by atoms with Crippen LogP contribution in [0.15, 0.2) is 24.8 Å². The van der Waals surface area contributed by atoms with Crippen LogP contribution in [0.4, 0.5) is 10.6 Å². The normalized spacial score (nSPS) is 10.1. The van der Waals surface area contributed by atoms with Crippen LogP contribution in [0.5, 0.6) is 0 Å². The Morgan fingerprint density at radius 2 is 2.19 bits per heavy atom. The lowest BCUT2D eigenvalue weighted by Crippen LogP contribution is -2.08. The lowest BCUT2D eigenvalue weighted by molar-refractivity contribution is 0.209. The molecule has 0 aromatic carbocycles. The van der Waals surface area contributed by atoms with E-state index in [9.17, 15) is 4.79 Å². The van der Waals surface area contributed by atoms with E-state index in [1.165, 1.54) is 12.4 Å². The molecule has 2 aromatic heterocycles. The minimum absolute atomic E-state index is 0.195. The molecule has 0 aliphatic heterocycles. The maximum Gasteiger partial charge on any atom is 0.410 e. The van der Waals surface area contributed by atoms with Crippen LogP contribution in [0, 0.1) is 0 Å². The molecule has 1 amide bonds. The zero-order valence-corrected chi connectivity index (χ0v) is 8.45. The topological polar surface area (TPSA) is 92.9 Å². The van der Waals surface area contributed by atoms with Crippen molar-refractivity contribution >= 4 is 11.9 Å². The molecule has 0 unspecified atom stereocenters. The van der Waals surface area contributed by atoms with Gasteiger partial charge in [-0.2, -0.15) is 5.10 Å². The first-order valence-electron chi connectivity index (χ1n) is 4.46. The molecule has 0 spiro atoms. The summed E-state index contributed by atoms with van der Waals surface area (Å²) in [4.78, 5) is 18.3. The van der Waals surface area contributed by atoms with E-state index >= 15 is 0 Å². The van der Waals surface area contributed by atoms with Crippen LogP contribution in [0.25, 0.3) is 11.3 Å². The Kier molecular flexibility index (Phi) is 2.50. The summed E-state index contributed by atoms with van der Waals surface area (Å²) in [6, 6.07) is 0. The van der Waals surface area contributed by atoms with E-state index in [1.54, 1.807) is 24.1 Å². The lowest BCUT2D eigenvalue weighted by atomic mass is 10.3. The summed E-state index contributed by atoms with van der Waals surface area (Å²) >= 11 is 0. The number of carbonyl (C=O) groups is 1. The molecular formula is C9H9N5O2. The van der Waals surface area contributed by atoms with Crippen LogP contribution in [-0.2, 0) is 7.05 Å². The number of nitrogens with zero attached hydrogens (tertiary/aromatic N) is 4. The molecule has 7 nitrogen and oxygen atoms in total.